The van der Waals surface area contributed by atoms with Gasteiger partial charge in [0.25, 0.3) is 5.56 Å². The van der Waals surface area contributed by atoms with Crippen molar-refractivity contribution in [1.29, 1.82) is 0 Å². The van der Waals surface area contributed by atoms with E-state index in [0.29, 0.717) is 57.1 Å². The number of carbonyl (C=O) groups excluding carboxylic acids is 1. The molecule has 0 spiro atoms. The van der Waals surface area contributed by atoms with E-state index in [4.69, 9.17) is 36.3 Å². The topological polar surface area (TPSA) is 102 Å². The first-order chi connectivity index (χ1) is 19.9. The number of benzene rings is 4. The van der Waals surface area contributed by atoms with Gasteiger partial charge in [0.2, 0.25) is 0 Å². The molecule has 4 aromatic carbocycles. The van der Waals surface area contributed by atoms with Crippen LogP contribution in [0, 0.1) is 0 Å². The van der Waals surface area contributed by atoms with Crippen LogP contribution < -0.4 is 25.5 Å². The first-order valence-corrected chi connectivity index (χ1v) is 13.0. The van der Waals surface area contributed by atoms with E-state index >= 15 is 0 Å². The largest absolute Gasteiger partial charge is 0.495 e. The summed E-state index contributed by atoms with van der Waals surface area (Å²) in [4.78, 5) is 27.6. The van der Waals surface area contributed by atoms with Gasteiger partial charge < -0.3 is 24.7 Å². The highest BCUT2D eigenvalue weighted by Crippen LogP contribution is 2.42. The van der Waals surface area contributed by atoms with Crippen LogP contribution in [0.5, 0.6) is 17.2 Å². The number of nitrogen functional groups attached to an aromatic ring is 1. The highest BCUT2D eigenvalue weighted by Gasteiger charge is 2.27. The van der Waals surface area contributed by atoms with E-state index in [9.17, 15) is 9.59 Å². The number of fused-ring (bicyclic) bond motifs is 1. The van der Waals surface area contributed by atoms with Gasteiger partial charge in [-0.2, -0.15) is 0 Å². The van der Waals surface area contributed by atoms with Crippen LogP contribution in [-0.4, -0.2) is 31.9 Å². The zero-order valence-electron chi connectivity index (χ0n) is 23.1. The van der Waals surface area contributed by atoms with Gasteiger partial charge in [-0.15, -0.1) is 12.4 Å². The lowest BCUT2D eigenvalue weighted by Crippen LogP contribution is -2.27. The maximum absolute atomic E-state index is 14.2. The number of nitrogens with zero attached hydrogens (tertiary/aromatic N) is 1. The third kappa shape index (κ3) is 5.72. The number of aromatic nitrogens is 1. The molecule has 5 rings (SSSR count). The molecule has 8 nitrogen and oxygen atoms in total. The molecule has 216 valence electrons. The first-order valence-electron chi connectivity index (χ1n) is 12.6. The average Bonchev–Trinajstić information content (AvgIpc) is 3.01. The Bertz CT molecular complexity index is 1780. The number of pyridine rings is 1. The lowest BCUT2D eigenvalue weighted by atomic mass is 9.95. The molecule has 0 aliphatic rings. The highest BCUT2D eigenvalue weighted by molar-refractivity contribution is 6.33. The quantitative estimate of drug-likeness (QED) is 0.155. The predicted octanol–water partition coefficient (Wildman–Crippen LogP) is 6.70. The Kier molecular flexibility index (Phi) is 9.30. The molecule has 1 heterocycles. The molecule has 1 aromatic heterocycles. The maximum atomic E-state index is 14.2. The van der Waals surface area contributed by atoms with Crippen LogP contribution in [0.25, 0.3) is 27.6 Å². The number of methoxy groups -OCH3 is 3. The summed E-state index contributed by atoms with van der Waals surface area (Å²) in [6.07, 6.45) is 0. The molecule has 0 unspecified atom stereocenters. The molecular formula is C32H28Cl2N2O6. The lowest BCUT2D eigenvalue weighted by molar-refractivity contribution is 0.0591. The number of anilines is 1. The Morgan fingerprint density at radius 1 is 0.857 bits per heavy atom. The van der Waals surface area contributed by atoms with Crippen LogP contribution >= 0.6 is 24.0 Å². The number of hydrogen-bond acceptors (Lipinski definition) is 7. The van der Waals surface area contributed by atoms with Crippen LogP contribution in [0.3, 0.4) is 0 Å². The molecule has 0 fully saturated rings. The normalized spacial score (nSPS) is 10.6. The maximum Gasteiger partial charge on any atom is 0.355 e. The number of carbonyl (C=O) groups is 1. The summed E-state index contributed by atoms with van der Waals surface area (Å²) in [7, 11) is 4.22. The van der Waals surface area contributed by atoms with E-state index in [1.54, 1.807) is 54.6 Å². The van der Waals surface area contributed by atoms with Crippen LogP contribution in [0.1, 0.15) is 16.1 Å². The lowest BCUT2D eigenvalue weighted by Gasteiger charge is -2.20. The van der Waals surface area contributed by atoms with Crippen LogP contribution in [0.2, 0.25) is 5.02 Å². The summed E-state index contributed by atoms with van der Waals surface area (Å²) < 4.78 is 23.6. The predicted molar refractivity (Wildman–Crippen MR) is 167 cm³/mol. The van der Waals surface area contributed by atoms with Gasteiger partial charge in [-0.3, -0.25) is 9.36 Å². The van der Waals surface area contributed by atoms with E-state index in [1.165, 1.54) is 25.9 Å². The summed E-state index contributed by atoms with van der Waals surface area (Å²) in [5, 5.41) is 1.09. The molecule has 10 heteroatoms. The molecule has 0 saturated carbocycles. The molecule has 0 aliphatic carbocycles. The number of rotatable bonds is 8. The smallest absolute Gasteiger partial charge is 0.355 e. The Morgan fingerprint density at radius 2 is 1.50 bits per heavy atom. The standard InChI is InChI=1S/C32H27ClN2O6.ClH/c1-38-26-15-20(16-27(39-2)29(26)33)28-24-14-13-23(41-18-19-7-5-4-6-8-19)17-25(24)31(36)35(30(28)32(37)40-3)22-11-9-21(34)10-12-22;/h4-17H,18,34H2,1-3H3;1H. The van der Waals surface area contributed by atoms with Crippen molar-refractivity contribution >= 4 is 46.4 Å². The van der Waals surface area contributed by atoms with E-state index in [-0.39, 0.29) is 23.1 Å². The van der Waals surface area contributed by atoms with Crippen LogP contribution in [0.4, 0.5) is 5.69 Å². The second kappa shape index (κ2) is 12.9. The minimum absolute atomic E-state index is 0. The second-order valence-corrected chi connectivity index (χ2v) is 9.50. The molecule has 0 amide bonds. The highest BCUT2D eigenvalue weighted by atomic mass is 35.5. The fourth-order valence-corrected chi connectivity index (χ4v) is 4.94. The van der Waals surface area contributed by atoms with Gasteiger partial charge in [0.1, 0.15) is 34.6 Å². The SMILES string of the molecule is COC(=O)c1c(-c2cc(OC)c(Cl)c(OC)c2)c2ccc(OCc3ccccc3)cc2c(=O)n1-c1ccc(N)cc1.Cl. The summed E-state index contributed by atoms with van der Waals surface area (Å²) in [6.45, 7) is 0.317. The Balaban J connectivity index is 0.00000405. The molecule has 0 radical (unpaired) electrons. The third-order valence-corrected chi connectivity index (χ3v) is 7.04. The van der Waals surface area contributed by atoms with Gasteiger partial charge in [0.15, 0.2) is 0 Å². The van der Waals surface area contributed by atoms with Gasteiger partial charge in [-0.05, 0) is 71.1 Å². The van der Waals surface area contributed by atoms with Crippen LogP contribution in [-0.2, 0) is 11.3 Å². The van der Waals surface area contributed by atoms with Crippen molar-refractivity contribution in [2.45, 2.75) is 6.61 Å². The fraction of sp³-hybridized carbons (Fsp3) is 0.125. The zero-order valence-corrected chi connectivity index (χ0v) is 24.6. The van der Waals surface area contributed by atoms with Crippen molar-refractivity contribution in [1.82, 2.24) is 4.57 Å². The van der Waals surface area contributed by atoms with Crippen molar-refractivity contribution in [2.75, 3.05) is 27.1 Å². The van der Waals surface area contributed by atoms with Gasteiger partial charge in [-0.1, -0.05) is 41.9 Å². The first kappa shape index (κ1) is 30.3. The van der Waals surface area contributed by atoms with Crippen molar-refractivity contribution in [3.8, 4) is 34.1 Å². The minimum Gasteiger partial charge on any atom is -0.495 e. The summed E-state index contributed by atoms with van der Waals surface area (Å²) >= 11 is 6.46. The Hall–Kier alpha value is -4.66. The average molecular weight is 607 g/mol. The number of nitrogens with two attached hydrogens (primary N) is 1. The summed E-state index contributed by atoms with van der Waals surface area (Å²) in [5.74, 6) is 0.439. The Labute approximate surface area is 253 Å². The molecular weight excluding hydrogens is 579 g/mol. The fourth-order valence-electron chi connectivity index (χ4n) is 4.68. The van der Waals surface area contributed by atoms with E-state index < -0.39 is 11.5 Å². The van der Waals surface area contributed by atoms with E-state index in [0.717, 1.165) is 5.56 Å². The van der Waals surface area contributed by atoms with Crippen molar-refractivity contribution < 1.29 is 23.7 Å². The van der Waals surface area contributed by atoms with E-state index in [2.05, 4.69) is 0 Å². The van der Waals surface area contributed by atoms with Gasteiger partial charge in [0.05, 0.1) is 26.7 Å². The Morgan fingerprint density at radius 3 is 2.10 bits per heavy atom. The molecule has 2 N–H and O–H groups in total. The van der Waals surface area contributed by atoms with Crippen LogP contribution in [0.15, 0.2) is 89.7 Å². The molecule has 0 atom stereocenters. The summed E-state index contributed by atoms with van der Waals surface area (Å²) in [6, 6.07) is 24.9. The molecule has 5 aromatic rings. The summed E-state index contributed by atoms with van der Waals surface area (Å²) in [5.41, 5.74) is 8.36. The molecule has 0 bridgehead atoms. The zero-order chi connectivity index (χ0) is 29.1. The third-order valence-electron chi connectivity index (χ3n) is 6.67. The van der Waals surface area contributed by atoms with Crippen molar-refractivity contribution in [3.05, 3.63) is 112 Å². The number of hydrogen-bond donors (Lipinski definition) is 1. The molecule has 0 saturated heterocycles. The molecule has 0 aliphatic heterocycles. The van der Waals surface area contributed by atoms with Gasteiger partial charge >= 0.3 is 5.97 Å². The second-order valence-electron chi connectivity index (χ2n) is 9.12. The molecule has 42 heavy (non-hydrogen) atoms. The van der Waals surface area contributed by atoms with Gasteiger partial charge in [-0.25, -0.2) is 4.79 Å². The van der Waals surface area contributed by atoms with E-state index in [1.807, 2.05) is 30.3 Å². The minimum atomic E-state index is -0.715. The van der Waals surface area contributed by atoms with Gasteiger partial charge in [0, 0.05) is 16.9 Å². The van der Waals surface area contributed by atoms with Crippen molar-refractivity contribution in [3.63, 3.8) is 0 Å². The number of ether oxygens (including phenoxy) is 4. The monoisotopic (exact) mass is 606 g/mol. The number of halogens is 2. The van der Waals surface area contributed by atoms with Crippen molar-refractivity contribution in [2.24, 2.45) is 0 Å². The number of esters is 1.